The Bertz CT molecular complexity index is 881. The molecule has 0 spiro atoms. The summed E-state index contributed by atoms with van der Waals surface area (Å²) in [6.07, 6.45) is 4.94. The summed E-state index contributed by atoms with van der Waals surface area (Å²) in [4.78, 5) is 19.8. The highest BCUT2D eigenvalue weighted by atomic mass is 16.5. The molecule has 0 atom stereocenters. The summed E-state index contributed by atoms with van der Waals surface area (Å²) in [6, 6.07) is 0. The van der Waals surface area contributed by atoms with Gasteiger partial charge in [-0.1, -0.05) is 6.42 Å². The van der Waals surface area contributed by atoms with Gasteiger partial charge in [-0.15, -0.1) is 5.10 Å². The number of likely N-dealkylation sites (tertiary alicyclic amines) is 1. The molecule has 1 aliphatic heterocycles. The highest BCUT2D eigenvalue weighted by Crippen LogP contribution is 2.30. The second-order valence-electron chi connectivity index (χ2n) is 8.77. The molecular formula is C22H35N5O2. The third kappa shape index (κ3) is 4.55. The predicted octanol–water partition coefficient (Wildman–Crippen LogP) is 2.91. The van der Waals surface area contributed by atoms with Crippen LogP contribution in [-0.4, -0.2) is 57.9 Å². The van der Waals surface area contributed by atoms with Crippen molar-refractivity contribution < 1.29 is 9.53 Å². The molecule has 160 valence electrons. The van der Waals surface area contributed by atoms with Crippen LogP contribution in [0.4, 0.5) is 0 Å². The summed E-state index contributed by atoms with van der Waals surface area (Å²) >= 11 is 0. The third-order valence-corrected chi connectivity index (χ3v) is 6.25. The Balaban J connectivity index is 1.65. The number of aromatic nitrogens is 3. The van der Waals surface area contributed by atoms with Gasteiger partial charge >= 0.3 is 0 Å². The van der Waals surface area contributed by atoms with Gasteiger partial charge in [0, 0.05) is 31.2 Å². The Hall–Kier alpha value is -2.15. The van der Waals surface area contributed by atoms with Crippen LogP contribution in [0.5, 0.6) is 5.88 Å². The van der Waals surface area contributed by atoms with Crippen molar-refractivity contribution in [3.8, 4) is 5.88 Å². The molecule has 1 N–H and O–H groups in total. The van der Waals surface area contributed by atoms with E-state index >= 15 is 0 Å². The van der Waals surface area contributed by atoms with Crippen LogP contribution in [0.2, 0.25) is 0 Å². The molecular weight excluding hydrogens is 366 g/mol. The van der Waals surface area contributed by atoms with Crippen LogP contribution in [0.25, 0.3) is 11.0 Å². The zero-order valence-electron chi connectivity index (χ0n) is 18.8. The summed E-state index contributed by atoms with van der Waals surface area (Å²) < 4.78 is 7.17. The molecule has 0 saturated carbocycles. The third-order valence-electron chi connectivity index (χ3n) is 6.25. The summed E-state index contributed by atoms with van der Waals surface area (Å²) in [5.41, 5.74) is 3.95. The fourth-order valence-electron chi connectivity index (χ4n) is 4.36. The molecule has 1 aliphatic rings. The number of carbonyl (C=O) groups excluding carboxylic acids is 1. The molecule has 7 heteroatoms. The van der Waals surface area contributed by atoms with Crippen molar-refractivity contribution in [2.45, 2.75) is 65.3 Å². The molecule has 0 unspecified atom stereocenters. The summed E-state index contributed by atoms with van der Waals surface area (Å²) in [5, 5.41) is 8.48. The van der Waals surface area contributed by atoms with Crippen molar-refractivity contribution in [1.29, 1.82) is 0 Å². The summed E-state index contributed by atoms with van der Waals surface area (Å²) in [7, 11) is 3.49. The van der Waals surface area contributed by atoms with Crippen molar-refractivity contribution in [3.63, 3.8) is 0 Å². The number of carbonyl (C=O) groups is 1. The first-order chi connectivity index (χ1) is 13.7. The number of rotatable bonds is 7. The van der Waals surface area contributed by atoms with E-state index in [0.29, 0.717) is 25.3 Å². The quantitative estimate of drug-likeness (QED) is 0.772. The van der Waals surface area contributed by atoms with E-state index in [0.717, 1.165) is 40.9 Å². The first kappa shape index (κ1) is 21.6. The molecule has 3 rings (SSSR count). The number of amides is 1. The lowest BCUT2D eigenvalue weighted by Gasteiger charge is -2.41. The smallest absolute Gasteiger partial charge is 0.242 e. The number of pyridine rings is 1. The lowest BCUT2D eigenvalue weighted by Crippen LogP contribution is -2.53. The maximum Gasteiger partial charge on any atom is 0.242 e. The van der Waals surface area contributed by atoms with Gasteiger partial charge in [0.15, 0.2) is 5.65 Å². The molecule has 3 heterocycles. The molecule has 2 aromatic rings. The number of nitrogens with zero attached hydrogens (tertiary/aromatic N) is 4. The maximum atomic E-state index is 12.6. The number of ether oxygens (including phenoxy) is 1. The van der Waals surface area contributed by atoms with Crippen LogP contribution >= 0.6 is 0 Å². The SMILES string of the molecule is COc1nn(C)c2nc(C)c(CCC(=O)NCC(C)(C)N3CCCCC3)c(C)c12. The van der Waals surface area contributed by atoms with Crippen molar-refractivity contribution in [3.05, 3.63) is 16.8 Å². The van der Waals surface area contributed by atoms with Gasteiger partial charge in [0.25, 0.3) is 0 Å². The van der Waals surface area contributed by atoms with E-state index in [4.69, 9.17) is 9.72 Å². The number of piperidine rings is 1. The van der Waals surface area contributed by atoms with Crippen LogP contribution in [-0.2, 0) is 18.3 Å². The van der Waals surface area contributed by atoms with Crippen molar-refractivity contribution in [1.82, 2.24) is 25.0 Å². The topological polar surface area (TPSA) is 72.3 Å². The Labute approximate surface area is 173 Å². The van der Waals surface area contributed by atoms with E-state index in [2.05, 4.69) is 36.1 Å². The fourth-order valence-corrected chi connectivity index (χ4v) is 4.36. The largest absolute Gasteiger partial charge is 0.479 e. The average molecular weight is 402 g/mol. The fraction of sp³-hybridized carbons (Fsp3) is 0.682. The van der Waals surface area contributed by atoms with Gasteiger partial charge in [-0.3, -0.25) is 9.69 Å². The minimum atomic E-state index is -0.00848. The molecule has 1 amide bonds. The number of fused-ring (bicyclic) bond motifs is 1. The highest BCUT2D eigenvalue weighted by molar-refractivity contribution is 5.86. The molecule has 0 aromatic carbocycles. The maximum absolute atomic E-state index is 12.6. The van der Waals surface area contributed by atoms with Crippen LogP contribution in [0, 0.1) is 13.8 Å². The second kappa shape index (κ2) is 8.69. The van der Waals surface area contributed by atoms with Crippen LogP contribution in [0.1, 0.15) is 56.4 Å². The lowest BCUT2D eigenvalue weighted by molar-refractivity contribution is -0.121. The van der Waals surface area contributed by atoms with Gasteiger partial charge in [0.1, 0.15) is 0 Å². The van der Waals surface area contributed by atoms with Crippen LogP contribution < -0.4 is 10.1 Å². The summed E-state index contributed by atoms with van der Waals surface area (Å²) in [5.74, 6) is 0.675. The molecule has 0 aliphatic carbocycles. The van der Waals surface area contributed by atoms with E-state index < -0.39 is 0 Å². The van der Waals surface area contributed by atoms with Crippen molar-refractivity contribution in [2.75, 3.05) is 26.7 Å². The van der Waals surface area contributed by atoms with Crippen molar-refractivity contribution in [2.24, 2.45) is 7.05 Å². The molecule has 29 heavy (non-hydrogen) atoms. The first-order valence-corrected chi connectivity index (χ1v) is 10.6. The van der Waals surface area contributed by atoms with E-state index in [9.17, 15) is 4.79 Å². The number of hydrogen-bond donors (Lipinski definition) is 1. The van der Waals surface area contributed by atoms with Gasteiger partial charge in [0.05, 0.1) is 12.5 Å². The van der Waals surface area contributed by atoms with E-state index in [-0.39, 0.29) is 11.4 Å². The van der Waals surface area contributed by atoms with Crippen LogP contribution in [0.15, 0.2) is 0 Å². The summed E-state index contributed by atoms with van der Waals surface area (Å²) in [6.45, 7) is 11.4. The predicted molar refractivity (Wildman–Crippen MR) is 115 cm³/mol. The zero-order valence-corrected chi connectivity index (χ0v) is 18.8. The molecule has 1 fully saturated rings. The number of methoxy groups -OCH3 is 1. The highest BCUT2D eigenvalue weighted by Gasteiger charge is 2.28. The molecule has 0 bridgehead atoms. The first-order valence-electron chi connectivity index (χ1n) is 10.6. The average Bonchev–Trinajstić information content (AvgIpc) is 3.02. The van der Waals surface area contributed by atoms with Gasteiger partial charge in [0.2, 0.25) is 11.8 Å². The van der Waals surface area contributed by atoms with Gasteiger partial charge in [-0.2, -0.15) is 0 Å². The van der Waals surface area contributed by atoms with Gasteiger partial charge in [-0.05, 0) is 71.2 Å². The number of hydrogen-bond acceptors (Lipinski definition) is 5. The second-order valence-corrected chi connectivity index (χ2v) is 8.77. The number of aryl methyl sites for hydroxylation is 3. The Kier molecular flexibility index (Phi) is 6.46. The Morgan fingerprint density at radius 2 is 1.90 bits per heavy atom. The molecule has 0 radical (unpaired) electrons. The molecule has 2 aromatic heterocycles. The Morgan fingerprint density at radius 3 is 2.55 bits per heavy atom. The Morgan fingerprint density at radius 1 is 1.21 bits per heavy atom. The molecule has 7 nitrogen and oxygen atoms in total. The monoisotopic (exact) mass is 401 g/mol. The lowest BCUT2D eigenvalue weighted by atomic mass is 9.98. The zero-order chi connectivity index (χ0) is 21.2. The number of nitrogens with one attached hydrogen (secondary N) is 1. The normalized spacial score (nSPS) is 15.7. The standard InChI is InChI=1S/C22H35N5O2/c1-15-17(16(2)24-20-19(15)21(29-6)25-26(20)5)10-11-18(28)23-14-22(3,4)27-12-8-7-9-13-27/h7-14H2,1-6H3,(H,23,28). The van der Waals surface area contributed by atoms with Gasteiger partial charge in [-0.25, -0.2) is 9.67 Å². The van der Waals surface area contributed by atoms with Crippen LogP contribution in [0.3, 0.4) is 0 Å². The van der Waals surface area contributed by atoms with Gasteiger partial charge < -0.3 is 10.1 Å². The van der Waals surface area contributed by atoms with E-state index in [1.54, 1.807) is 11.8 Å². The minimum absolute atomic E-state index is 0.00848. The molecule has 1 saturated heterocycles. The van der Waals surface area contributed by atoms with E-state index in [1.165, 1.54) is 19.3 Å². The minimum Gasteiger partial charge on any atom is -0.479 e. The van der Waals surface area contributed by atoms with E-state index in [1.807, 2.05) is 14.0 Å². The van der Waals surface area contributed by atoms with Crippen molar-refractivity contribution >= 4 is 16.9 Å².